The van der Waals surface area contributed by atoms with Gasteiger partial charge in [-0.1, -0.05) is 10.4 Å². The zero-order valence-electron chi connectivity index (χ0n) is 16.7. The van der Waals surface area contributed by atoms with Crippen LogP contribution in [-0.2, 0) is 16.1 Å². The molecule has 10 nitrogen and oxygen atoms in total. The Hall–Kier alpha value is -3.31. The van der Waals surface area contributed by atoms with Crippen molar-refractivity contribution in [3.63, 3.8) is 0 Å². The molecular formula is C20H20N6O4S. The highest BCUT2D eigenvalue weighted by Gasteiger charge is 2.33. The van der Waals surface area contributed by atoms with Gasteiger partial charge in [-0.05, 0) is 31.2 Å². The van der Waals surface area contributed by atoms with E-state index in [0.29, 0.717) is 25.3 Å². The monoisotopic (exact) mass is 440 g/mol. The van der Waals surface area contributed by atoms with Gasteiger partial charge in [0, 0.05) is 29.3 Å². The van der Waals surface area contributed by atoms with E-state index >= 15 is 0 Å². The summed E-state index contributed by atoms with van der Waals surface area (Å²) in [5.41, 5.74) is 2.60. The van der Waals surface area contributed by atoms with Crippen molar-refractivity contribution in [2.24, 2.45) is 5.16 Å². The molecule has 3 aromatic heterocycles. The van der Waals surface area contributed by atoms with E-state index in [2.05, 4.69) is 20.5 Å². The van der Waals surface area contributed by atoms with Gasteiger partial charge in [0.1, 0.15) is 17.6 Å². The Morgan fingerprint density at radius 2 is 2.10 bits per heavy atom. The molecule has 160 valence electrons. The highest BCUT2D eigenvalue weighted by molar-refractivity contribution is 7.17. The molecular weight excluding hydrogens is 420 g/mol. The van der Waals surface area contributed by atoms with Gasteiger partial charge < -0.3 is 14.7 Å². The molecule has 1 fully saturated rings. The molecule has 5 heterocycles. The molecule has 0 bridgehead atoms. The first-order valence-corrected chi connectivity index (χ1v) is 10.7. The molecule has 5 rings (SSSR count). The minimum absolute atomic E-state index is 0.0467. The van der Waals surface area contributed by atoms with Crippen LogP contribution in [0.15, 0.2) is 41.8 Å². The molecule has 0 spiro atoms. The SMILES string of the molecule is Cc1cn(C[C@H]2CN(c3ccc(-c4ccc(C5=NOC(CO)C5)s4)cn3)C(=O)O2)nn1. The number of aromatic nitrogens is 4. The minimum Gasteiger partial charge on any atom is -0.442 e. The number of ether oxygens (including phenoxy) is 1. The Morgan fingerprint density at radius 1 is 1.23 bits per heavy atom. The quantitative estimate of drug-likeness (QED) is 0.625. The van der Waals surface area contributed by atoms with Crippen LogP contribution in [0.25, 0.3) is 10.4 Å². The van der Waals surface area contributed by atoms with E-state index in [0.717, 1.165) is 26.7 Å². The summed E-state index contributed by atoms with van der Waals surface area (Å²) in [6.07, 6.45) is 3.16. The summed E-state index contributed by atoms with van der Waals surface area (Å²) in [7, 11) is 0. The van der Waals surface area contributed by atoms with Crippen molar-refractivity contribution in [2.45, 2.75) is 32.1 Å². The molecule has 1 unspecified atom stereocenters. The van der Waals surface area contributed by atoms with Crippen molar-refractivity contribution in [3.05, 3.63) is 47.2 Å². The average Bonchev–Trinajstić information content (AvgIpc) is 3.55. The molecule has 0 saturated carbocycles. The molecule has 31 heavy (non-hydrogen) atoms. The number of oxime groups is 1. The van der Waals surface area contributed by atoms with Crippen molar-refractivity contribution in [2.75, 3.05) is 18.1 Å². The number of hydrogen-bond donors (Lipinski definition) is 1. The van der Waals surface area contributed by atoms with Gasteiger partial charge >= 0.3 is 6.09 Å². The van der Waals surface area contributed by atoms with E-state index in [1.807, 2.05) is 37.4 Å². The van der Waals surface area contributed by atoms with Gasteiger partial charge in [-0.3, -0.25) is 4.90 Å². The van der Waals surface area contributed by atoms with E-state index in [1.165, 1.54) is 4.90 Å². The molecule has 2 aliphatic heterocycles. The zero-order valence-corrected chi connectivity index (χ0v) is 17.5. The Labute approximate surface area is 181 Å². The summed E-state index contributed by atoms with van der Waals surface area (Å²) in [6.45, 7) is 2.66. The minimum atomic E-state index is -0.418. The van der Waals surface area contributed by atoms with Gasteiger partial charge in [-0.25, -0.2) is 14.5 Å². The van der Waals surface area contributed by atoms with Crippen LogP contribution in [-0.4, -0.2) is 62.2 Å². The predicted octanol–water partition coefficient (Wildman–Crippen LogP) is 2.22. The number of carbonyl (C=O) groups is 1. The van der Waals surface area contributed by atoms with E-state index in [-0.39, 0.29) is 18.8 Å². The van der Waals surface area contributed by atoms with Crippen molar-refractivity contribution < 1.29 is 19.5 Å². The standard InChI is InChI=1S/C20H20N6O4S/c1-12-8-25(24-22-12)9-15-10-26(20(28)29-15)19-5-2-13(7-21-19)17-3-4-18(31-17)16-6-14(11-27)30-23-16/h2-5,7-8,14-15,27H,6,9-11H2,1H3/t14?,15-/m0/s1. The number of aliphatic hydroxyl groups is 1. The smallest absolute Gasteiger partial charge is 0.416 e. The van der Waals surface area contributed by atoms with Crippen LogP contribution in [0.5, 0.6) is 0 Å². The van der Waals surface area contributed by atoms with E-state index in [9.17, 15) is 9.90 Å². The molecule has 3 aromatic rings. The highest BCUT2D eigenvalue weighted by atomic mass is 32.1. The molecule has 0 aliphatic carbocycles. The molecule has 1 saturated heterocycles. The van der Waals surface area contributed by atoms with Gasteiger partial charge in [-0.2, -0.15) is 0 Å². The van der Waals surface area contributed by atoms with Crippen molar-refractivity contribution in [1.29, 1.82) is 0 Å². The van der Waals surface area contributed by atoms with Crippen LogP contribution in [0.4, 0.5) is 10.6 Å². The van der Waals surface area contributed by atoms with Crippen LogP contribution >= 0.6 is 11.3 Å². The molecule has 2 aliphatic rings. The Bertz CT molecular complexity index is 1120. The summed E-state index contributed by atoms with van der Waals surface area (Å²) >= 11 is 1.58. The lowest BCUT2D eigenvalue weighted by Gasteiger charge is -2.12. The normalized spacial score (nSPS) is 20.6. The number of hydrogen-bond acceptors (Lipinski definition) is 9. The second-order valence-corrected chi connectivity index (χ2v) is 8.50. The number of pyridine rings is 1. The van der Waals surface area contributed by atoms with Gasteiger partial charge in [0.05, 0.1) is 30.3 Å². The molecule has 1 N–H and O–H groups in total. The van der Waals surface area contributed by atoms with Gasteiger partial charge in [0.2, 0.25) is 0 Å². The molecule has 2 atom stereocenters. The zero-order chi connectivity index (χ0) is 21.4. The summed E-state index contributed by atoms with van der Waals surface area (Å²) in [6, 6.07) is 7.74. The first-order valence-electron chi connectivity index (χ1n) is 9.84. The second kappa shape index (κ2) is 8.08. The fourth-order valence-corrected chi connectivity index (χ4v) is 4.49. The number of cyclic esters (lactones) is 1. The second-order valence-electron chi connectivity index (χ2n) is 7.42. The summed E-state index contributed by atoms with van der Waals surface area (Å²) in [4.78, 5) is 25.5. The third kappa shape index (κ3) is 4.01. The third-order valence-electron chi connectivity index (χ3n) is 5.05. The number of aryl methyl sites for hydroxylation is 1. The van der Waals surface area contributed by atoms with Crippen LogP contribution in [0, 0.1) is 6.92 Å². The van der Waals surface area contributed by atoms with E-state index in [1.54, 1.807) is 22.2 Å². The maximum absolute atomic E-state index is 12.3. The number of thiophene rings is 1. The Kier molecular flexibility index (Phi) is 5.12. The summed E-state index contributed by atoms with van der Waals surface area (Å²) in [5, 5.41) is 21.2. The third-order valence-corrected chi connectivity index (χ3v) is 6.24. The van der Waals surface area contributed by atoms with Gasteiger partial charge in [-0.15, -0.1) is 16.4 Å². The van der Waals surface area contributed by atoms with Gasteiger partial charge in [0.15, 0.2) is 6.10 Å². The lowest BCUT2D eigenvalue weighted by Crippen LogP contribution is -2.26. The maximum atomic E-state index is 12.3. The largest absolute Gasteiger partial charge is 0.442 e. The van der Waals surface area contributed by atoms with Crippen molar-refractivity contribution in [1.82, 2.24) is 20.0 Å². The highest BCUT2D eigenvalue weighted by Crippen LogP contribution is 2.31. The van der Waals surface area contributed by atoms with Crippen LogP contribution in [0.2, 0.25) is 0 Å². The molecule has 0 aromatic carbocycles. The van der Waals surface area contributed by atoms with Crippen molar-refractivity contribution >= 4 is 29.0 Å². The predicted molar refractivity (Wildman–Crippen MR) is 113 cm³/mol. The first kappa shape index (κ1) is 19.6. The van der Waals surface area contributed by atoms with Crippen LogP contribution in [0.3, 0.4) is 0 Å². The van der Waals surface area contributed by atoms with E-state index in [4.69, 9.17) is 9.57 Å². The Balaban J connectivity index is 1.26. The maximum Gasteiger partial charge on any atom is 0.416 e. The number of anilines is 1. The first-order chi connectivity index (χ1) is 15.1. The summed E-state index contributed by atoms with van der Waals surface area (Å²) in [5.74, 6) is 0.544. The molecule has 1 amide bonds. The number of rotatable bonds is 6. The van der Waals surface area contributed by atoms with Crippen LogP contribution in [0.1, 0.15) is 17.0 Å². The molecule has 0 radical (unpaired) electrons. The summed E-state index contributed by atoms with van der Waals surface area (Å²) < 4.78 is 7.12. The number of aliphatic hydroxyl groups excluding tert-OH is 1. The van der Waals surface area contributed by atoms with Crippen molar-refractivity contribution in [3.8, 4) is 10.4 Å². The fourth-order valence-electron chi connectivity index (χ4n) is 3.51. The van der Waals surface area contributed by atoms with Crippen LogP contribution < -0.4 is 4.90 Å². The number of nitrogens with zero attached hydrogens (tertiary/aromatic N) is 6. The molecule has 11 heteroatoms. The lowest BCUT2D eigenvalue weighted by atomic mass is 10.1. The average molecular weight is 440 g/mol. The van der Waals surface area contributed by atoms with Gasteiger partial charge in [0.25, 0.3) is 0 Å². The number of amides is 1. The van der Waals surface area contributed by atoms with E-state index < -0.39 is 6.09 Å². The topological polar surface area (TPSA) is 115 Å². The Morgan fingerprint density at radius 3 is 2.81 bits per heavy atom. The fraction of sp³-hybridized carbons (Fsp3) is 0.350. The lowest BCUT2D eigenvalue weighted by molar-refractivity contribution is 0.0390. The number of carbonyl (C=O) groups excluding carboxylic acids is 1.